The number of pyridine rings is 1. The van der Waals surface area contributed by atoms with Crippen molar-refractivity contribution in [3.05, 3.63) is 53.3 Å². The van der Waals surface area contributed by atoms with E-state index >= 15 is 0 Å². The summed E-state index contributed by atoms with van der Waals surface area (Å²) in [5, 5.41) is 0. The Morgan fingerprint density at radius 3 is 2.65 bits per heavy atom. The second-order valence-corrected chi connectivity index (χ2v) is 5.45. The highest BCUT2D eigenvalue weighted by Gasteiger charge is 2.13. The highest BCUT2D eigenvalue weighted by Crippen LogP contribution is 2.32. The van der Waals surface area contributed by atoms with Gasteiger partial charge in [0.25, 0.3) is 0 Å². The average Bonchev–Trinajstić information content (AvgIpc) is 2.38. The van der Waals surface area contributed by atoms with E-state index in [4.69, 9.17) is 22.7 Å². The summed E-state index contributed by atoms with van der Waals surface area (Å²) in [5.41, 5.74) is 8.49. The molecule has 0 amide bonds. The molecule has 0 atom stereocenters. The van der Waals surface area contributed by atoms with Crippen LogP contribution in [0.15, 0.2) is 36.5 Å². The number of rotatable bonds is 4. The van der Waals surface area contributed by atoms with Gasteiger partial charge in [-0.15, -0.1) is 0 Å². The van der Waals surface area contributed by atoms with E-state index in [9.17, 15) is 0 Å². The molecule has 0 saturated heterocycles. The normalized spacial score (nSPS) is 10.6. The maximum atomic E-state index is 6.01. The topological polar surface area (TPSA) is 48.1 Å². The van der Waals surface area contributed by atoms with Crippen molar-refractivity contribution in [3.63, 3.8) is 0 Å². The molecule has 4 heteroatoms. The van der Waals surface area contributed by atoms with E-state index in [1.54, 1.807) is 6.20 Å². The zero-order valence-electron chi connectivity index (χ0n) is 11.9. The Morgan fingerprint density at radius 1 is 1.25 bits per heavy atom. The molecule has 0 aliphatic rings. The molecule has 1 aromatic carbocycles. The Hall–Kier alpha value is -1.94. The quantitative estimate of drug-likeness (QED) is 0.865. The molecular weight excluding hydrogens is 268 g/mol. The number of hydrogen-bond donors (Lipinski definition) is 1. The highest BCUT2D eigenvalue weighted by atomic mass is 32.1. The molecular formula is C16H18N2OS. The largest absolute Gasteiger partial charge is 0.455 e. The van der Waals surface area contributed by atoms with Crippen LogP contribution in [0, 0.1) is 6.92 Å². The first kappa shape index (κ1) is 14.5. The number of thiocarbonyl (C=S) groups is 1. The highest BCUT2D eigenvalue weighted by molar-refractivity contribution is 7.80. The Bertz CT molecular complexity index is 638. The van der Waals surface area contributed by atoms with Crippen LogP contribution in [0.3, 0.4) is 0 Å². The van der Waals surface area contributed by atoms with Gasteiger partial charge >= 0.3 is 0 Å². The Morgan fingerprint density at radius 2 is 2.00 bits per heavy atom. The fourth-order valence-electron chi connectivity index (χ4n) is 1.98. The third-order valence-electron chi connectivity index (χ3n) is 3.02. The van der Waals surface area contributed by atoms with Crippen LogP contribution in [0.5, 0.6) is 11.5 Å². The van der Waals surface area contributed by atoms with Crippen LogP contribution >= 0.6 is 12.2 Å². The van der Waals surface area contributed by atoms with Crippen LogP contribution in [0.4, 0.5) is 0 Å². The van der Waals surface area contributed by atoms with Gasteiger partial charge in [-0.3, -0.25) is 0 Å². The summed E-state index contributed by atoms with van der Waals surface area (Å²) >= 11 is 5.01. The van der Waals surface area contributed by atoms with Crippen molar-refractivity contribution in [1.82, 2.24) is 4.98 Å². The number of hydrogen-bond acceptors (Lipinski definition) is 3. The lowest BCUT2D eigenvalue weighted by molar-refractivity contribution is 0.469. The van der Waals surface area contributed by atoms with Gasteiger partial charge in [0.15, 0.2) is 5.75 Å². The number of aromatic nitrogens is 1. The summed E-state index contributed by atoms with van der Waals surface area (Å²) in [4.78, 5) is 4.42. The molecule has 0 aliphatic carbocycles. The molecule has 3 nitrogen and oxygen atoms in total. The minimum atomic E-state index is 0.236. The first-order valence-electron chi connectivity index (χ1n) is 6.52. The summed E-state index contributed by atoms with van der Waals surface area (Å²) < 4.78 is 6.01. The van der Waals surface area contributed by atoms with Gasteiger partial charge in [-0.05, 0) is 42.2 Å². The molecule has 104 valence electrons. The van der Waals surface area contributed by atoms with Gasteiger partial charge in [0.1, 0.15) is 16.4 Å². The van der Waals surface area contributed by atoms with E-state index in [2.05, 4.69) is 31.0 Å². The van der Waals surface area contributed by atoms with Crippen LogP contribution in [-0.2, 0) is 0 Å². The lowest BCUT2D eigenvalue weighted by Crippen LogP contribution is -2.13. The van der Waals surface area contributed by atoms with Gasteiger partial charge in [0, 0.05) is 6.20 Å². The second-order valence-electron chi connectivity index (χ2n) is 5.01. The summed E-state index contributed by atoms with van der Waals surface area (Å²) in [6.07, 6.45) is 1.65. The van der Waals surface area contributed by atoms with E-state index in [1.807, 2.05) is 25.1 Å². The van der Waals surface area contributed by atoms with Crippen molar-refractivity contribution >= 4 is 17.2 Å². The van der Waals surface area contributed by atoms with Crippen LogP contribution in [-0.4, -0.2) is 9.97 Å². The Labute approximate surface area is 124 Å². The molecule has 0 saturated carbocycles. The lowest BCUT2D eigenvalue weighted by atomic mass is 10.0. The predicted molar refractivity (Wildman–Crippen MR) is 85.5 cm³/mol. The third kappa shape index (κ3) is 3.14. The van der Waals surface area contributed by atoms with Crippen molar-refractivity contribution < 1.29 is 4.74 Å². The van der Waals surface area contributed by atoms with Crippen molar-refractivity contribution in [2.75, 3.05) is 0 Å². The van der Waals surface area contributed by atoms with Crippen molar-refractivity contribution in [3.8, 4) is 11.5 Å². The summed E-state index contributed by atoms with van der Waals surface area (Å²) in [5.74, 6) is 1.79. The molecule has 2 N–H and O–H groups in total. The van der Waals surface area contributed by atoms with E-state index < -0.39 is 0 Å². The van der Waals surface area contributed by atoms with E-state index in [1.165, 1.54) is 0 Å². The molecule has 1 heterocycles. The molecule has 0 bridgehead atoms. The van der Waals surface area contributed by atoms with Crippen molar-refractivity contribution in [2.24, 2.45) is 5.73 Å². The summed E-state index contributed by atoms with van der Waals surface area (Å²) in [6, 6.07) is 9.83. The molecule has 2 rings (SSSR count). The van der Waals surface area contributed by atoms with Gasteiger partial charge in [-0.25, -0.2) is 4.98 Å². The van der Waals surface area contributed by atoms with Crippen LogP contribution in [0.1, 0.15) is 36.6 Å². The number of benzene rings is 1. The lowest BCUT2D eigenvalue weighted by Gasteiger charge is -2.15. The van der Waals surface area contributed by atoms with Crippen LogP contribution in [0.25, 0.3) is 0 Å². The predicted octanol–water partition coefficient (Wildman–Crippen LogP) is 3.94. The molecule has 20 heavy (non-hydrogen) atoms. The molecule has 0 aliphatic heterocycles. The average molecular weight is 286 g/mol. The van der Waals surface area contributed by atoms with Gasteiger partial charge in [0.2, 0.25) is 0 Å². The number of ether oxygens (including phenoxy) is 1. The molecule has 0 spiro atoms. The smallest absolute Gasteiger partial charge is 0.156 e. The first-order chi connectivity index (χ1) is 9.49. The maximum Gasteiger partial charge on any atom is 0.156 e. The maximum absolute atomic E-state index is 6.01. The van der Waals surface area contributed by atoms with Crippen molar-refractivity contribution in [2.45, 2.75) is 26.7 Å². The van der Waals surface area contributed by atoms with Crippen LogP contribution < -0.4 is 10.5 Å². The Kier molecular flexibility index (Phi) is 4.35. The third-order valence-corrected chi connectivity index (χ3v) is 3.21. The van der Waals surface area contributed by atoms with E-state index in [0.717, 1.165) is 16.9 Å². The summed E-state index contributed by atoms with van der Waals surface area (Å²) in [6.45, 7) is 6.30. The summed E-state index contributed by atoms with van der Waals surface area (Å²) in [7, 11) is 0. The first-order valence-corrected chi connectivity index (χ1v) is 6.93. The van der Waals surface area contributed by atoms with E-state index in [-0.39, 0.29) is 4.99 Å². The van der Waals surface area contributed by atoms with E-state index in [0.29, 0.717) is 17.4 Å². The molecule has 2 aromatic rings. The van der Waals surface area contributed by atoms with Gasteiger partial charge < -0.3 is 10.5 Å². The molecule has 0 fully saturated rings. The minimum Gasteiger partial charge on any atom is -0.455 e. The van der Waals surface area contributed by atoms with Crippen LogP contribution in [0.2, 0.25) is 0 Å². The molecule has 1 aromatic heterocycles. The fourth-order valence-corrected chi connectivity index (χ4v) is 2.14. The van der Waals surface area contributed by atoms with Gasteiger partial charge in [-0.2, -0.15) is 0 Å². The SMILES string of the molecule is Cc1ccc(C(C)C)c(Oc2cccnc2C(N)=S)c1. The zero-order chi connectivity index (χ0) is 14.7. The number of aryl methyl sites for hydroxylation is 1. The monoisotopic (exact) mass is 286 g/mol. The zero-order valence-corrected chi connectivity index (χ0v) is 12.7. The number of nitrogens with two attached hydrogens (primary N) is 1. The van der Waals surface area contributed by atoms with Gasteiger partial charge in [-0.1, -0.05) is 38.2 Å². The Balaban J connectivity index is 2.45. The standard InChI is InChI=1S/C16H18N2OS/c1-10(2)12-7-6-11(3)9-14(12)19-13-5-4-8-18-15(13)16(17)20/h4-10H,1-3H3,(H2,17,20). The van der Waals surface area contributed by atoms with Gasteiger partial charge in [0.05, 0.1) is 0 Å². The number of nitrogens with zero attached hydrogens (tertiary/aromatic N) is 1. The molecule has 0 radical (unpaired) electrons. The minimum absolute atomic E-state index is 0.236. The molecule has 0 unspecified atom stereocenters. The van der Waals surface area contributed by atoms with Crippen molar-refractivity contribution in [1.29, 1.82) is 0 Å². The fraction of sp³-hybridized carbons (Fsp3) is 0.250. The second kappa shape index (κ2) is 6.01.